The smallest absolute Gasteiger partial charge is 0.294 e. The number of pyridine rings is 2. The van der Waals surface area contributed by atoms with Crippen LogP contribution in [0.5, 0.6) is 0 Å². The average Bonchev–Trinajstić information content (AvgIpc) is 3.35. The van der Waals surface area contributed by atoms with Crippen molar-refractivity contribution in [3.05, 3.63) is 99.9 Å². The van der Waals surface area contributed by atoms with E-state index in [1.807, 2.05) is 54.6 Å². The van der Waals surface area contributed by atoms with E-state index in [0.29, 0.717) is 18.5 Å². The Bertz CT molecular complexity index is 1720. The largest absolute Gasteiger partial charge is 0.333 e. The van der Waals surface area contributed by atoms with Gasteiger partial charge in [0.2, 0.25) is 0 Å². The lowest BCUT2D eigenvalue weighted by atomic mass is 10.1. The van der Waals surface area contributed by atoms with Crippen LogP contribution >= 0.6 is 0 Å². The predicted molar refractivity (Wildman–Crippen MR) is 127 cm³/mol. The molecule has 6 heteroatoms. The molecule has 0 fully saturated rings. The maximum absolute atomic E-state index is 13.3. The highest BCUT2D eigenvalue weighted by Crippen LogP contribution is 2.29. The molecule has 158 valence electrons. The summed E-state index contributed by atoms with van der Waals surface area (Å²) in [4.78, 5) is 34.2. The van der Waals surface area contributed by atoms with Gasteiger partial charge in [0.1, 0.15) is 5.69 Å². The Kier molecular flexibility index (Phi) is 4.24. The van der Waals surface area contributed by atoms with Crippen LogP contribution < -0.4 is 5.69 Å². The summed E-state index contributed by atoms with van der Waals surface area (Å²) < 4.78 is 3.31. The van der Waals surface area contributed by atoms with Crippen molar-refractivity contribution in [1.82, 2.24) is 19.1 Å². The van der Waals surface area contributed by atoms with Gasteiger partial charge >= 0.3 is 5.69 Å². The molecule has 1 aliphatic rings. The molecule has 0 spiro atoms. The first kappa shape index (κ1) is 19.2. The van der Waals surface area contributed by atoms with Gasteiger partial charge in [-0.1, -0.05) is 12.0 Å². The lowest BCUT2D eigenvalue weighted by Crippen LogP contribution is -2.21. The molecule has 0 saturated heterocycles. The van der Waals surface area contributed by atoms with Gasteiger partial charge in [-0.05, 0) is 66.4 Å². The number of carbonyl (C=O) groups is 1. The van der Waals surface area contributed by atoms with Crippen molar-refractivity contribution in [3.63, 3.8) is 0 Å². The summed E-state index contributed by atoms with van der Waals surface area (Å²) in [7, 11) is 1.75. The molecule has 0 unspecified atom stereocenters. The number of hydrogen-bond acceptors (Lipinski definition) is 4. The van der Waals surface area contributed by atoms with E-state index in [2.05, 4.69) is 21.8 Å². The van der Waals surface area contributed by atoms with E-state index in [1.165, 1.54) is 0 Å². The molecule has 6 nitrogen and oxygen atoms in total. The molecule has 0 radical (unpaired) electrons. The van der Waals surface area contributed by atoms with E-state index in [0.717, 1.165) is 44.3 Å². The molecule has 1 aliphatic carbocycles. The zero-order chi connectivity index (χ0) is 22.5. The first-order valence-electron chi connectivity index (χ1n) is 10.7. The van der Waals surface area contributed by atoms with Crippen LogP contribution in [-0.2, 0) is 13.5 Å². The highest BCUT2D eigenvalue weighted by Gasteiger charge is 2.22. The van der Waals surface area contributed by atoms with Crippen molar-refractivity contribution in [3.8, 4) is 17.5 Å². The lowest BCUT2D eigenvalue weighted by molar-refractivity contribution is 0.0994. The van der Waals surface area contributed by atoms with Crippen molar-refractivity contribution in [2.24, 2.45) is 7.05 Å². The molecule has 3 heterocycles. The molecule has 0 amide bonds. The van der Waals surface area contributed by atoms with E-state index in [4.69, 9.17) is 0 Å². The van der Waals surface area contributed by atoms with E-state index in [1.54, 1.807) is 28.6 Å². The van der Waals surface area contributed by atoms with Gasteiger partial charge in [-0.15, -0.1) is 0 Å². The molecule has 0 N–H and O–H groups in total. The minimum atomic E-state index is -0.159. The van der Waals surface area contributed by atoms with Crippen molar-refractivity contribution in [2.75, 3.05) is 0 Å². The topological polar surface area (TPSA) is 69.8 Å². The van der Waals surface area contributed by atoms with Gasteiger partial charge in [-0.2, -0.15) is 0 Å². The zero-order valence-corrected chi connectivity index (χ0v) is 17.9. The molecular weight excluding hydrogens is 412 g/mol. The Morgan fingerprint density at radius 3 is 2.70 bits per heavy atom. The fraction of sp³-hybridized carbons (Fsp3) is 0.111. The Balaban J connectivity index is 1.59. The lowest BCUT2D eigenvalue weighted by Gasteiger charge is -2.08. The minimum absolute atomic E-state index is 0.159. The Labute approximate surface area is 189 Å². The second kappa shape index (κ2) is 7.28. The number of nitrogens with zero attached hydrogens (tertiary/aromatic N) is 4. The van der Waals surface area contributed by atoms with Crippen molar-refractivity contribution in [1.29, 1.82) is 0 Å². The number of aryl methyl sites for hydroxylation is 2. The summed E-state index contributed by atoms with van der Waals surface area (Å²) in [5.74, 6) is 6.41. The number of aromatic nitrogens is 4. The summed E-state index contributed by atoms with van der Waals surface area (Å²) in [5.41, 5.74) is 6.12. The van der Waals surface area contributed by atoms with E-state index in [9.17, 15) is 9.59 Å². The monoisotopic (exact) mass is 430 g/mol. The van der Waals surface area contributed by atoms with Gasteiger partial charge in [0.15, 0.2) is 5.78 Å². The van der Waals surface area contributed by atoms with E-state index in [-0.39, 0.29) is 11.5 Å². The van der Waals surface area contributed by atoms with Crippen LogP contribution in [0.1, 0.15) is 33.6 Å². The van der Waals surface area contributed by atoms with Crippen LogP contribution in [0.25, 0.3) is 27.6 Å². The van der Waals surface area contributed by atoms with Crippen LogP contribution in [0.15, 0.2) is 71.8 Å². The highest BCUT2D eigenvalue weighted by atomic mass is 16.1. The molecule has 0 saturated carbocycles. The number of ketones is 1. The fourth-order valence-corrected chi connectivity index (χ4v) is 4.47. The summed E-state index contributed by atoms with van der Waals surface area (Å²) in [6.45, 7) is 0. The third-order valence-corrected chi connectivity index (χ3v) is 6.15. The van der Waals surface area contributed by atoms with Gasteiger partial charge in [0.05, 0.1) is 28.4 Å². The number of rotatable bonds is 1. The van der Waals surface area contributed by atoms with Crippen LogP contribution in [0.3, 0.4) is 0 Å². The van der Waals surface area contributed by atoms with E-state index < -0.39 is 0 Å². The van der Waals surface area contributed by atoms with Gasteiger partial charge in [0.25, 0.3) is 0 Å². The second-order valence-corrected chi connectivity index (χ2v) is 8.13. The molecular formula is C27H18N4O2. The Morgan fingerprint density at radius 2 is 1.85 bits per heavy atom. The van der Waals surface area contributed by atoms with Crippen LogP contribution in [0, 0.1) is 11.8 Å². The molecule has 5 aromatic rings. The predicted octanol–water partition coefficient (Wildman–Crippen LogP) is 3.80. The van der Waals surface area contributed by atoms with Crippen molar-refractivity contribution < 1.29 is 4.79 Å². The molecule has 3 aromatic heterocycles. The maximum atomic E-state index is 13.3. The number of imidazole rings is 1. The number of benzene rings is 2. The highest BCUT2D eigenvalue weighted by molar-refractivity contribution is 6.04. The minimum Gasteiger partial charge on any atom is -0.294 e. The second-order valence-electron chi connectivity index (χ2n) is 8.13. The number of Topliss-reactive ketones (excluding diaryl/α,β-unsaturated/α-hetero) is 1. The van der Waals surface area contributed by atoms with Crippen LogP contribution in [0.2, 0.25) is 0 Å². The quantitative estimate of drug-likeness (QED) is 0.379. The van der Waals surface area contributed by atoms with Gasteiger partial charge in [-0.25, -0.2) is 9.78 Å². The first-order valence-corrected chi connectivity index (χ1v) is 10.7. The van der Waals surface area contributed by atoms with Crippen LogP contribution in [-0.4, -0.2) is 24.9 Å². The summed E-state index contributed by atoms with van der Waals surface area (Å²) in [6.07, 6.45) is 4.67. The maximum Gasteiger partial charge on any atom is 0.333 e. The standard InChI is InChI=1S/C27H18N4O2/c1-30-24-16-29-23-11-6-17(5-8-19-4-2-3-13-28-19)14-22(23)26(24)31(27(30)33)20-9-10-21-18(15-20)7-12-25(21)32/h2-4,6,9-11,13-16H,7,12H2,1H3. The number of hydrogen-bond donors (Lipinski definition) is 0. The summed E-state index contributed by atoms with van der Waals surface area (Å²) in [6, 6.07) is 17.1. The first-order chi connectivity index (χ1) is 16.1. The third kappa shape index (κ3) is 3.06. The molecule has 0 bridgehead atoms. The van der Waals surface area contributed by atoms with Crippen molar-refractivity contribution in [2.45, 2.75) is 12.8 Å². The number of carbonyl (C=O) groups excluding carboxylic acids is 1. The van der Waals surface area contributed by atoms with E-state index >= 15 is 0 Å². The molecule has 0 aliphatic heterocycles. The van der Waals surface area contributed by atoms with Gasteiger partial charge < -0.3 is 0 Å². The SMILES string of the molecule is Cn1c(=O)n(-c2ccc3c(c2)CCC3=O)c2c3cc(C#Cc4ccccn4)ccc3ncc21. The average molecular weight is 430 g/mol. The normalized spacial score (nSPS) is 12.7. The van der Waals surface area contributed by atoms with Crippen LogP contribution in [0.4, 0.5) is 0 Å². The summed E-state index contributed by atoms with van der Waals surface area (Å²) in [5, 5.41) is 0.842. The van der Waals surface area contributed by atoms with Crippen molar-refractivity contribution >= 4 is 27.7 Å². The molecule has 6 rings (SSSR count). The molecule has 33 heavy (non-hydrogen) atoms. The molecule has 0 atom stereocenters. The van der Waals surface area contributed by atoms with Gasteiger partial charge in [-0.3, -0.25) is 18.9 Å². The molecule has 2 aromatic carbocycles. The Morgan fingerprint density at radius 1 is 0.939 bits per heavy atom. The summed E-state index contributed by atoms with van der Waals surface area (Å²) >= 11 is 0. The fourth-order valence-electron chi connectivity index (χ4n) is 4.47. The zero-order valence-electron chi connectivity index (χ0n) is 17.9. The third-order valence-electron chi connectivity index (χ3n) is 6.15. The Hall–Kier alpha value is -4.50. The van der Waals surface area contributed by atoms with Gasteiger partial charge in [0, 0.05) is 36.2 Å². The number of fused-ring (bicyclic) bond motifs is 4.